The van der Waals surface area contributed by atoms with Gasteiger partial charge >= 0.3 is 11.9 Å². The second-order valence-corrected chi connectivity index (χ2v) is 9.16. The number of carbonyl (C=O) groups is 4. The maximum Gasteiger partial charge on any atom is 0.305 e. The Balaban J connectivity index is 3.38. The lowest BCUT2D eigenvalue weighted by Crippen LogP contribution is -2.36. The van der Waals surface area contributed by atoms with Crippen LogP contribution in [0.2, 0.25) is 0 Å². The summed E-state index contributed by atoms with van der Waals surface area (Å²) in [5, 5.41) is 20.2. The fourth-order valence-corrected chi connectivity index (χ4v) is 4.04. The van der Waals surface area contributed by atoms with Gasteiger partial charge in [-0.15, -0.1) is 0 Å². The first kappa shape index (κ1) is 31.1. The van der Waals surface area contributed by atoms with Crippen molar-refractivity contribution in [2.24, 2.45) is 0 Å². The quantitative estimate of drug-likeness (QED) is 0.111. The number of carbonyl (C=O) groups excluding carboxylic acids is 2. The highest BCUT2D eigenvalue weighted by molar-refractivity contribution is 5.77. The molecule has 1 atom stereocenters. The van der Waals surface area contributed by atoms with Crippen LogP contribution in [0.1, 0.15) is 135 Å². The van der Waals surface area contributed by atoms with Crippen molar-refractivity contribution in [3.63, 3.8) is 0 Å². The van der Waals surface area contributed by atoms with Gasteiger partial charge in [-0.1, -0.05) is 89.9 Å². The molecule has 0 spiro atoms. The Morgan fingerprint density at radius 3 is 1.36 bits per heavy atom. The van der Waals surface area contributed by atoms with E-state index in [1.54, 1.807) is 0 Å². The van der Waals surface area contributed by atoms with E-state index in [0.29, 0.717) is 19.3 Å². The Labute approximate surface area is 200 Å². The van der Waals surface area contributed by atoms with E-state index in [2.05, 4.69) is 5.32 Å². The number of aldehydes is 1. The highest BCUT2D eigenvalue weighted by Gasteiger charge is 2.15. The lowest BCUT2D eigenvalue weighted by atomic mass is 10.0. The number of amides is 1. The SMILES string of the molecule is O=CCC[C@@H](CC(=O)O)NC(=O)CCCCCCCCCCCCCCCCCCC(=O)O. The first-order valence-electron chi connectivity index (χ1n) is 13.1. The zero-order chi connectivity index (χ0) is 24.6. The van der Waals surface area contributed by atoms with E-state index in [9.17, 15) is 19.2 Å². The largest absolute Gasteiger partial charge is 0.481 e. The summed E-state index contributed by atoms with van der Waals surface area (Å²) < 4.78 is 0. The molecule has 0 aromatic heterocycles. The van der Waals surface area contributed by atoms with Gasteiger partial charge < -0.3 is 20.3 Å². The molecule has 0 saturated heterocycles. The van der Waals surface area contributed by atoms with Crippen LogP contribution in [-0.4, -0.2) is 40.4 Å². The van der Waals surface area contributed by atoms with Gasteiger partial charge in [-0.25, -0.2) is 0 Å². The second kappa shape index (κ2) is 23.2. The molecule has 0 aliphatic rings. The third-order valence-electron chi connectivity index (χ3n) is 5.96. The third-order valence-corrected chi connectivity index (χ3v) is 5.96. The number of carboxylic acids is 2. The Morgan fingerprint density at radius 1 is 0.606 bits per heavy atom. The van der Waals surface area contributed by atoms with Crippen LogP contribution in [0, 0.1) is 0 Å². The standard InChI is InChI=1S/C26H47NO6/c28-21-17-18-23(22-26(32)33)27-24(29)19-15-13-11-9-7-5-3-1-2-4-6-8-10-12-14-16-20-25(30)31/h21,23H,1-20,22H2,(H,27,29)(H,30,31)(H,32,33)/t23-/m0/s1. The molecule has 0 fully saturated rings. The number of hydrogen-bond donors (Lipinski definition) is 3. The number of carboxylic acid groups (broad SMARTS) is 2. The highest BCUT2D eigenvalue weighted by atomic mass is 16.4. The molecule has 0 unspecified atom stereocenters. The van der Waals surface area contributed by atoms with E-state index in [1.807, 2.05) is 0 Å². The van der Waals surface area contributed by atoms with Gasteiger partial charge in [0.1, 0.15) is 6.29 Å². The third kappa shape index (κ3) is 24.6. The van der Waals surface area contributed by atoms with Gasteiger partial charge in [0.05, 0.1) is 6.42 Å². The van der Waals surface area contributed by atoms with Crippen LogP contribution in [0.25, 0.3) is 0 Å². The van der Waals surface area contributed by atoms with Gasteiger partial charge in [0.15, 0.2) is 0 Å². The minimum Gasteiger partial charge on any atom is -0.481 e. The van der Waals surface area contributed by atoms with Crippen molar-refractivity contribution in [3.05, 3.63) is 0 Å². The minimum absolute atomic E-state index is 0.120. The van der Waals surface area contributed by atoms with E-state index in [-0.39, 0.29) is 18.7 Å². The van der Waals surface area contributed by atoms with E-state index in [4.69, 9.17) is 10.2 Å². The average Bonchev–Trinajstić information content (AvgIpc) is 2.76. The van der Waals surface area contributed by atoms with E-state index in [1.165, 1.54) is 64.2 Å². The lowest BCUT2D eigenvalue weighted by molar-refractivity contribution is -0.138. The molecule has 33 heavy (non-hydrogen) atoms. The predicted molar refractivity (Wildman–Crippen MR) is 130 cm³/mol. The zero-order valence-corrected chi connectivity index (χ0v) is 20.5. The van der Waals surface area contributed by atoms with Crippen LogP contribution in [0.4, 0.5) is 0 Å². The lowest BCUT2D eigenvalue weighted by Gasteiger charge is -2.15. The molecule has 0 radical (unpaired) electrons. The first-order valence-corrected chi connectivity index (χ1v) is 13.1. The summed E-state index contributed by atoms with van der Waals surface area (Å²) >= 11 is 0. The van der Waals surface area contributed by atoms with Crippen molar-refractivity contribution in [1.29, 1.82) is 0 Å². The van der Waals surface area contributed by atoms with Crippen molar-refractivity contribution in [1.82, 2.24) is 5.32 Å². The fourth-order valence-electron chi connectivity index (χ4n) is 4.04. The molecule has 0 saturated carbocycles. The Bertz CT molecular complexity index is 523. The zero-order valence-electron chi connectivity index (χ0n) is 20.5. The second-order valence-electron chi connectivity index (χ2n) is 9.16. The normalized spacial score (nSPS) is 11.8. The monoisotopic (exact) mass is 469 g/mol. The molecule has 3 N–H and O–H groups in total. The van der Waals surface area contributed by atoms with Crippen molar-refractivity contribution in [3.8, 4) is 0 Å². The predicted octanol–water partition coefficient (Wildman–Crippen LogP) is 6.03. The van der Waals surface area contributed by atoms with Crippen LogP contribution in [-0.2, 0) is 19.2 Å². The van der Waals surface area contributed by atoms with Crippen LogP contribution in [0.15, 0.2) is 0 Å². The Morgan fingerprint density at radius 2 is 1.00 bits per heavy atom. The fraction of sp³-hybridized carbons (Fsp3) is 0.846. The van der Waals surface area contributed by atoms with Gasteiger partial charge in [0.2, 0.25) is 5.91 Å². The molecular formula is C26H47NO6. The number of hydrogen-bond acceptors (Lipinski definition) is 4. The summed E-state index contributed by atoms with van der Waals surface area (Å²) in [6.45, 7) is 0. The van der Waals surface area contributed by atoms with Gasteiger partial charge in [0, 0.05) is 25.3 Å². The summed E-state index contributed by atoms with van der Waals surface area (Å²) in [5.74, 6) is -1.77. The maximum atomic E-state index is 12.0. The molecule has 0 aliphatic heterocycles. The van der Waals surface area contributed by atoms with Crippen LogP contribution >= 0.6 is 0 Å². The van der Waals surface area contributed by atoms with Gasteiger partial charge in [-0.05, 0) is 19.3 Å². The van der Waals surface area contributed by atoms with Gasteiger partial charge in [-0.3, -0.25) is 14.4 Å². The van der Waals surface area contributed by atoms with E-state index < -0.39 is 18.0 Å². The van der Waals surface area contributed by atoms with E-state index in [0.717, 1.165) is 44.8 Å². The average molecular weight is 470 g/mol. The van der Waals surface area contributed by atoms with E-state index >= 15 is 0 Å². The highest BCUT2D eigenvalue weighted by Crippen LogP contribution is 2.14. The molecule has 0 aliphatic carbocycles. The maximum absolute atomic E-state index is 12.0. The summed E-state index contributed by atoms with van der Waals surface area (Å²) in [4.78, 5) is 43.7. The van der Waals surface area contributed by atoms with Crippen LogP contribution < -0.4 is 5.32 Å². The van der Waals surface area contributed by atoms with Gasteiger partial charge in [0.25, 0.3) is 0 Å². The number of aliphatic carboxylic acids is 2. The molecule has 0 aromatic carbocycles. The van der Waals surface area contributed by atoms with Crippen LogP contribution in [0.5, 0.6) is 0 Å². The Kier molecular flexibility index (Phi) is 21.9. The van der Waals surface area contributed by atoms with Gasteiger partial charge in [-0.2, -0.15) is 0 Å². The Hall–Kier alpha value is -1.92. The first-order chi connectivity index (χ1) is 16.0. The number of rotatable bonds is 25. The van der Waals surface area contributed by atoms with Crippen molar-refractivity contribution >= 4 is 24.1 Å². The minimum atomic E-state index is -0.965. The summed E-state index contributed by atoms with van der Waals surface area (Å²) in [5.41, 5.74) is 0. The molecule has 7 nitrogen and oxygen atoms in total. The molecular weight excluding hydrogens is 422 g/mol. The van der Waals surface area contributed by atoms with Crippen molar-refractivity contribution < 1.29 is 29.4 Å². The molecule has 0 bridgehead atoms. The van der Waals surface area contributed by atoms with Crippen LogP contribution in [0.3, 0.4) is 0 Å². The van der Waals surface area contributed by atoms with Crippen molar-refractivity contribution in [2.45, 2.75) is 141 Å². The topological polar surface area (TPSA) is 121 Å². The molecule has 192 valence electrons. The molecule has 7 heteroatoms. The summed E-state index contributed by atoms with van der Waals surface area (Å²) in [6.07, 6.45) is 20.6. The molecule has 1 amide bonds. The number of nitrogens with one attached hydrogen (secondary N) is 1. The summed E-state index contributed by atoms with van der Waals surface area (Å²) in [6, 6.07) is -0.462. The summed E-state index contributed by atoms with van der Waals surface area (Å²) in [7, 11) is 0. The number of unbranched alkanes of at least 4 members (excludes halogenated alkanes) is 15. The van der Waals surface area contributed by atoms with Crippen molar-refractivity contribution in [2.75, 3.05) is 0 Å². The molecule has 0 heterocycles. The smallest absolute Gasteiger partial charge is 0.305 e. The molecule has 0 rings (SSSR count). The molecule has 0 aromatic rings.